The Hall–Kier alpha value is -3.67. The number of pyridine rings is 1. The second-order valence-electron chi connectivity index (χ2n) is 7.73. The fourth-order valence-electron chi connectivity index (χ4n) is 4.17. The normalized spacial score (nSPS) is 14.1. The molecule has 0 amide bonds. The van der Waals surface area contributed by atoms with Crippen LogP contribution in [0.4, 0.5) is 11.5 Å². The van der Waals surface area contributed by atoms with Crippen LogP contribution in [0.15, 0.2) is 73.1 Å². The number of benzene rings is 2. The lowest BCUT2D eigenvalue weighted by atomic mass is 10.0. The minimum absolute atomic E-state index is 0.729. The number of ether oxygens (including phenoxy) is 1. The zero-order valence-electron chi connectivity index (χ0n) is 17.6. The highest BCUT2D eigenvalue weighted by molar-refractivity contribution is 5.93. The van der Waals surface area contributed by atoms with Gasteiger partial charge in [-0.05, 0) is 35.9 Å². The van der Waals surface area contributed by atoms with Crippen molar-refractivity contribution < 1.29 is 4.74 Å². The molecule has 0 aliphatic carbocycles. The number of rotatable bonds is 5. The average Bonchev–Trinajstić information content (AvgIpc) is 2.85. The van der Waals surface area contributed by atoms with E-state index >= 15 is 0 Å². The molecule has 4 aromatic rings. The summed E-state index contributed by atoms with van der Waals surface area (Å²) in [4.78, 5) is 8.98. The summed E-state index contributed by atoms with van der Waals surface area (Å²) in [6.07, 6.45) is 4.41. The summed E-state index contributed by atoms with van der Waals surface area (Å²) in [5.41, 5.74) is 3.36. The number of piperazine rings is 1. The molecule has 0 bridgehead atoms. The van der Waals surface area contributed by atoms with Gasteiger partial charge in [0, 0.05) is 61.5 Å². The quantitative estimate of drug-likeness (QED) is 0.496. The SMILES string of the molecule is COc1ccc(N2CCN(c3nnc(Cc4cccnc4)c4ccccc34)CC2)cc1. The van der Waals surface area contributed by atoms with E-state index in [-0.39, 0.29) is 0 Å². The van der Waals surface area contributed by atoms with E-state index in [1.807, 2.05) is 24.4 Å². The van der Waals surface area contributed by atoms with Crippen LogP contribution in [0.1, 0.15) is 11.3 Å². The van der Waals surface area contributed by atoms with Gasteiger partial charge in [-0.15, -0.1) is 5.10 Å². The van der Waals surface area contributed by atoms with E-state index in [1.54, 1.807) is 13.3 Å². The van der Waals surface area contributed by atoms with E-state index in [2.05, 4.69) is 67.4 Å². The molecule has 1 aliphatic rings. The first kappa shape index (κ1) is 19.3. The fraction of sp³-hybridized carbons (Fsp3) is 0.240. The Labute approximate surface area is 182 Å². The molecule has 6 heteroatoms. The van der Waals surface area contributed by atoms with Crippen molar-refractivity contribution in [2.45, 2.75) is 6.42 Å². The van der Waals surface area contributed by atoms with E-state index in [4.69, 9.17) is 4.74 Å². The lowest BCUT2D eigenvalue weighted by molar-refractivity contribution is 0.415. The predicted octanol–water partition coefficient (Wildman–Crippen LogP) is 3.95. The third-order valence-electron chi connectivity index (χ3n) is 5.86. The summed E-state index contributed by atoms with van der Waals surface area (Å²) in [5, 5.41) is 11.6. The van der Waals surface area contributed by atoms with Gasteiger partial charge in [0.1, 0.15) is 5.75 Å². The van der Waals surface area contributed by atoms with Crippen molar-refractivity contribution in [1.82, 2.24) is 15.2 Å². The van der Waals surface area contributed by atoms with Crippen molar-refractivity contribution in [3.63, 3.8) is 0 Å². The van der Waals surface area contributed by atoms with Gasteiger partial charge in [0.25, 0.3) is 0 Å². The molecule has 1 fully saturated rings. The molecule has 2 aromatic carbocycles. The molecule has 1 saturated heterocycles. The van der Waals surface area contributed by atoms with Crippen molar-refractivity contribution in [2.75, 3.05) is 43.1 Å². The highest BCUT2D eigenvalue weighted by Gasteiger charge is 2.21. The fourth-order valence-corrected chi connectivity index (χ4v) is 4.17. The van der Waals surface area contributed by atoms with Crippen molar-refractivity contribution in [3.05, 3.63) is 84.3 Å². The molecule has 0 atom stereocenters. The summed E-state index contributed by atoms with van der Waals surface area (Å²) in [5.74, 6) is 1.86. The zero-order chi connectivity index (χ0) is 21.0. The van der Waals surface area contributed by atoms with Crippen LogP contribution in [0.25, 0.3) is 10.8 Å². The van der Waals surface area contributed by atoms with Crippen LogP contribution in [0, 0.1) is 0 Å². The van der Waals surface area contributed by atoms with Gasteiger partial charge in [0.15, 0.2) is 5.82 Å². The predicted molar refractivity (Wildman–Crippen MR) is 124 cm³/mol. The van der Waals surface area contributed by atoms with Gasteiger partial charge in [0.05, 0.1) is 12.8 Å². The summed E-state index contributed by atoms with van der Waals surface area (Å²) >= 11 is 0. The Bertz CT molecular complexity index is 1160. The van der Waals surface area contributed by atoms with Crippen molar-refractivity contribution in [3.8, 4) is 5.75 Å². The average molecular weight is 412 g/mol. The Morgan fingerprint density at radius 1 is 0.806 bits per heavy atom. The Morgan fingerprint density at radius 2 is 1.55 bits per heavy atom. The number of anilines is 2. The monoisotopic (exact) mass is 411 g/mol. The van der Waals surface area contributed by atoms with Crippen LogP contribution in [-0.2, 0) is 6.42 Å². The van der Waals surface area contributed by atoms with Gasteiger partial charge in [-0.25, -0.2) is 0 Å². The summed E-state index contributed by atoms with van der Waals surface area (Å²) in [6.45, 7) is 3.71. The van der Waals surface area contributed by atoms with Crippen molar-refractivity contribution in [2.24, 2.45) is 0 Å². The maximum atomic E-state index is 5.27. The molecular formula is C25H25N5O. The van der Waals surface area contributed by atoms with E-state index < -0.39 is 0 Å². The Kier molecular flexibility index (Phi) is 5.35. The standard InChI is InChI=1S/C25H25N5O/c1-31-21-10-8-20(9-11-21)29-13-15-30(16-14-29)25-23-7-3-2-6-22(23)24(27-28-25)17-19-5-4-12-26-18-19/h2-12,18H,13-17H2,1H3. The van der Waals surface area contributed by atoms with Crippen molar-refractivity contribution >= 4 is 22.3 Å². The van der Waals surface area contributed by atoms with Gasteiger partial charge in [-0.3, -0.25) is 4.98 Å². The first-order chi connectivity index (χ1) is 15.3. The molecule has 156 valence electrons. The lowest BCUT2D eigenvalue weighted by Crippen LogP contribution is -2.47. The van der Waals surface area contributed by atoms with Crippen LogP contribution in [0.3, 0.4) is 0 Å². The topological polar surface area (TPSA) is 54.4 Å². The zero-order valence-corrected chi connectivity index (χ0v) is 17.6. The second kappa shape index (κ2) is 8.60. The molecule has 3 heterocycles. The molecule has 31 heavy (non-hydrogen) atoms. The number of methoxy groups -OCH3 is 1. The first-order valence-electron chi connectivity index (χ1n) is 10.6. The van der Waals surface area contributed by atoms with Crippen LogP contribution in [0.2, 0.25) is 0 Å². The molecule has 0 saturated carbocycles. The van der Waals surface area contributed by atoms with E-state index in [0.29, 0.717) is 0 Å². The van der Waals surface area contributed by atoms with Crippen LogP contribution < -0.4 is 14.5 Å². The molecule has 0 N–H and O–H groups in total. The molecule has 1 aliphatic heterocycles. The minimum atomic E-state index is 0.729. The van der Waals surface area contributed by atoms with E-state index in [1.165, 1.54) is 5.69 Å². The third-order valence-corrected chi connectivity index (χ3v) is 5.86. The largest absolute Gasteiger partial charge is 0.497 e. The Balaban J connectivity index is 1.36. The summed E-state index contributed by atoms with van der Waals surface area (Å²) in [7, 11) is 1.70. The van der Waals surface area contributed by atoms with Gasteiger partial charge in [-0.1, -0.05) is 30.3 Å². The number of hydrogen-bond donors (Lipinski definition) is 0. The molecule has 2 aromatic heterocycles. The second-order valence-corrected chi connectivity index (χ2v) is 7.73. The van der Waals surface area contributed by atoms with Crippen LogP contribution >= 0.6 is 0 Å². The highest BCUT2D eigenvalue weighted by atomic mass is 16.5. The van der Waals surface area contributed by atoms with E-state index in [9.17, 15) is 0 Å². The molecule has 0 unspecified atom stereocenters. The number of aromatic nitrogens is 3. The maximum Gasteiger partial charge on any atom is 0.159 e. The number of nitrogens with zero attached hydrogens (tertiary/aromatic N) is 5. The number of hydrogen-bond acceptors (Lipinski definition) is 6. The molecule has 6 nitrogen and oxygen atoms in total. The maximum absolute atomic E-state index is 5.27. The third kappa shape index (κ3) is 4.01. The summed E-state index contributed by atoms with van der Waals surface area (Å²) in [6, 6.07) is 20.8. The molecule has 0 radical (unpaired) electrons. The lowest BCUT2D eigenvalue weighted by Gasteiger charge is -2.37. The van der Waals surface area contributed by atoms with Gasteiger partial charge < -0.3 is 14.5 Å². The van der Waals surface area contributed by atoms with Crippen LogP contribution in [-0.4, -0.2) is 48.5 Å². The molecule has 5 rings (SSSR count). The van der Waals surface area contributed by atoms with E-state index in [0.717, 1.165) is 66.2 Å². The van der Waals surface area contributed by atoms with Gasteiger partial charge >= 0.3 is 0 Å². The molecule has 0 spiro atoms. The smallest absolute Gasteiger partial charge is 0.159 e. The van der Waals surface area contributed by atoms with Crippen molar-refractivity contribution in [1.29, 1.82) is 0 Å². The minimum Gasteiger partial charge on any atom is -0.497 e. The van der Waals surface area contributed by atoms with Gasteiger partial charge in [0.2, 0.25) is 0 Å². The van der Waals surface area contributed by atoms with Gasteiger partial charge in [-0.2, -0.15) is 5.10 Å². The van der Waals surface area contributed by atoms with Crippen LogP contribution in [0.5, 0.6) is 5.75 Å². The highest BCUT2D eigenvalue weighted by Crippen LogP contribution is 2.29. The first-order valence-corrected chi connectivity index (χ1v) is 10.6. The Morgan fingerprint density at radius 3 is 2.26 bits per heavy atom. The number of fused-ring (bicyclic) bond motifs is 1. The molecular weight excluding hydrogens is 386 g/mol. The summed E-state index contributed by atoms with van der Waals surface area (Å²) < 4.78 is 5.27.